The predicted molar refractivity (Wildman–Crippen MR) is 60.5 cm³/mol. The second kappa shape index (κ2) is 2.99. The van der Waals surface area contributed by atoms with Crippen LogP contribution in [-0.4, -0.2) is 12.6 Å². The fourth-order valence-electron chi connectivity index (χ4n) is 2.11. The van der Waals surface area contributed by atoms with Crippen molar-refractivity contribution in [3.63, 3.8) is 0 Å². The zero-order chi connectivity index (χ0) is 10.3. The van der Waals surface area contributed by atoms with Gasteiger partial charge >= 0.3 is 0 Å². The van der Waals surface area contributed by atoms with Crippen molar-refractivity contribution < 1.29 is 0 Å². The van der Waals surface area contributed by atoms with Gasteiger partial charge in [-0.25, -0.2) is 0 Å². The molecule has 0 bridgehead atoms. The van der Waals surface area contributed by atoms with Crippen LogP contribution >= 0.6 is 0 Å². The molecule has 1 aliphatic heterocycles. The molecule has 0 amide bonds. The molecule has 76 valence electrons. The molecule has 0 saturated carbocycles. The first-order valence-electron chi connectivity index (χ1n) is 5.10. The minimum Gasteiger partial charge on any atom is -0.369 e. The number of anilines is 1. The van der Waals surface area contributed by atoms with E-state index in [1.807, 2.05) is 0 Å². The van der Waals surface area contributed by atoms with Crippen molar-refractivity contribution in [2.45, 2.75) is 32.4 Å². The quantitative estimate of drug-likeness (QED) is 0.733. The van der Waals surface area contributed by atoms with Gasteiger partial charge in [0.25, 0.3) is 0 Å². The molecular formula is C12H18N2. The normalized spacial score (nSPS) is 18.4. The molecule has 0 radical (unpaired) electrons. The number of likely N-dealkylation sites (N-methyl/N-ethyl adjacent to an activating group) is 1. The highest BCUT2D eigenvalue weighted by Crippen LogP contribution is 2.37. The summed E-state index contributed by atoms with van der Waals surface area (Å²) < 4.78 is 0. The van der Waals surface area contributed by atoms with E-state index in [-0.39, 0.29) is 5.54 Å². The third kappa shape index (κ3) is 1.30. The van der Waals surface area contributed by atoms with Gasteiger partial charge in [-0.05, 0) is 37.5 Å². The highest BCUT2D eigenvalue weighted by Gasteiger charge is 2.32. The SMILES string of the molecule is CN1c2cc(CN)ccc2CC1(C)C. The number of benzene rings is 1. The second-order valence-corrected chi connectivity index (χ2v) is 4.72. The smallest absolute Gasteiger partial charge is 0.0404 e. The Kier molecular flexibility index (Phi) is 2.04. The molecule has 1 aromatic carbocycles. The molecule has 0 atom stereocenters. The van der Waals surface area contributed by atoms with Gasteiger partial charge in [-0.3, -0.25) is 0 Å². The molecule has 0 saturated heterocycles. The molecule has 0 fully saturated rings. The van der Waals surface area contributed by atoms with Gasteiger partial charge in [0.15, 0.2) is 0 Å². The average Bonchev–Trinajstić information content (AvgIpc) is 2.38. The van der Waals surface area contributed by atoms with Crippen molar-refractivity contribution in [1.29, 1.82) is 0 Å². The molecule has 0 unspecified atom stereocenters. The van der Waals surface area contributed by atoms with Crippen LogP contribution in [-0.2, 0) is 13.0 Å². The van der Waals surface area contributed by atoms with Gasteiger partial charge in [-0.15, -0.1) is 0 Å². The van der Waals surface area contributed by atoms with E-state index in [2.05, 4.69) is 44.0 Å². The van der Waals surface area contributed by atoms with Crippen molar-refractivity contribution in [2.75, 3.05) is 11.9 Å². The van der Waals surface area contributed by atoms with Crippen LogP contribution in [0.15, 0.2) is 18.2 Å². The summed E-state index contributed by atoms with van der Waals surface area (Å²) >= 11 is 0. The molecule has 2 N–H and O–H groups in total. The standard InChI is InChI=1S/C12H18N2/c1-12(2)7-10-5-4-9(8-13)6-11(10)14(12)3/h4-6H,7-8,13H2,1-3H3. The summed E-state index contributed by atoms with van der Waals surface area (Å²) in [6.45, 7) is 5.17. The Bertz CT molecular complexity index is 355. The van der Waals surface area contributed by atoms with Crippen LogP contribution < -0.4 is 10.6 Å². The van der Waals surface area contributed by atoms with Gasteiger partial charge < -0.3 is 10.6 Å². The van der Waals surface area contributed by atoms with Crippen LogP contribution in [0.3, 0.4) is 0 Å². The number of fused-ring (bicyclic) bond motifs is 1. The molecule has 1 aromatic rings. The summed E-state index contributed by atoms with van der Waals surface area (Å²) in [5, 5.41) is 0. The first-order chi connectivity index (χ1) is 6.54. The van der Waals surface area contributed by atoms with Crippen LogP contribution in [0.2, 0.25) is 0 Å². The van der Waals surface area contributed by atoms with Crippen LogP contribution in [0.25, 0.3) is 0 Å². The number of hydrogen-bond donors (Lipinski definition) is 1. The van der Waals surface area contributed by atoms with Gasteiger partial charge in [-0.1, -0.05) is 12.1 Å². The molecule has 0 aromatic heterocycles. The Balaban J connectivity index is 2.45. The minimum absolute atomic E-state index is 0.246. The van der Waals surface area contributed by atoms with E-state index >= 15 is 0 Å². The van der Waals surface area contributed by atoms with E-state index in [1.54, 1.807) is 0 Å². The molecule has 2 heteroatoms. The third-order valence-electron chi connectivity index (χ3n) is 3.28. The zero-order valence-corrected chi connectivity index (χ0v) is 9.17. The van der Waals surface area contributed by atoms with E-state index in [9.17, 15) is 0 Å². The molecule has 1 heterocycles. The fraction of sp³-hybridized carbons (Fsp3) is 0.500. The lowest BCUT2D eigenvalue weighted by atomic mass is 9.99. The van der Waals surface area contributed by atoms with Crippen LogP contribution in [0.5, 0.6) is 0 Å². The van der Waals surface area contributed by atoms with E-state index in [0.29, 0.717) is 6.54 Å². The lowest BCUT2D eigenvalue weighted by Crippen LogP contribution is -2.37. The molecule has 1 aliphatic rings. The zero-order valence-electron chi connectivity index (χ0n) is 9.17. The van der Waals surface area contributed by atoms with Gasteiger partial charge in [-0.2, -0.15) is 0 Å². The molecule has 0 aliphatic carbocycles. The molecule has 2 nitrogen and oxygen atoms in total. The summed E-state index contributed by atoms with van der Waals surface area (Å²) in [5.74, 6) is 0. The van der Waals surface area contributed by atoms with Crippen molar-refractivity contribution in [3.8, 4) is 0 Å². The first-order valence-corrected chi connectivity index (χ1v) is 5.10. The Morgan fingerprint density at radius 2 is 2.14 bits per heavy atom. The number of nitrogens with two attached hydrogens (primary N) is 1. The lowest BCUT2D eigenvalue weighted by Gasteiger charge is -2.30. The van der Waals surface area contributed by atoms with Crippen LogP contribution in [0.1, 0.15) is 25.0 Å². The molecule has 2 rings (SSSR count). The summed E-state index contributed by atoms with van der Waals surface area (Å²) in [4.78, 5) is 2.35. The Labute approximate surface area is 85.7 Å². The van der Waals surface area contributed by atoms with Crippen molar-refractivity contribution in [3.05, 3.63) is 29.3 Å². The lowest BCUT2D eigenvalue weighted by molar-refractivity contribution is 0.516. The summed E-state index contributed by atoms with van der Waals surface area (Å²) in [6.07, 6.45) is 1.13. The van der Waals surface area contributed by atoms with Gasteiger partial charge in [0.05, 0.1) is 0 Å². The van der Waals surface area contributed by atoms with E-state index in [1.165, 1.54) is 16.8 Å². The average molecular weight is 190 g/mol. The maximum absolute atomic E-state index is 5.64. The Morgan fingerprint density at radius 1 is 1.43 bits per heavy atom. The summed E-state index contributed by atoms with van der Waals surface area (Å²) in [7, 11) is 2.16. The van der Waals surface area contributed by atoms with Crippen molar-refractivity contribution in [2.24, 2.45) is 5.73 Å². The van der Waals surface area contributed by atoms with E-state index < -0.39 is 0 Å². The third-order valence-corrected chi connectivity index (χ3v) is 3.28. The highest BCUT2D eigenvalue weighted by molar-refractivity contribution is 5.61. The van der Waals surface area contributed by atoms with Crippen LogP contribution in [0.4, 0.5) is 5.69 Å². The molecule has 14 heavy (non-hydrogen) atoms. The number of hydrogen-bond acceptors (Lipinski definition) is 2. The minimum atomic E-state index is 0.246. The fourth-order valence-corrected chi connectivity index (χ4v) is 2.11. The van der Waals surface area contributed by atoms with Gasteiger partial charge in [0, 0.05) is 24.8 Å². The maximum atomic E-state index is 5.64. The maximum Gasteiger partial charge on any atom is 0.0404 e. The largest absolute Gasteiger partial charge is 0.369 e. The summed E-state index contributed by atoms with van der Waals surface area (Å²) in [6, 6.07) is 6.56. The predicted octanol–water partition coefficient (Wildman–Crippen LogP) is 1.92. The van der Waals surface area contributed by atoms with E-state index in [4.69, 9.17) is 5.73 Å². The number of nitrogens with zero attached hydrogens (tertiary/aromatic N) is 1. The number of rotatable bonds is 1. The summed E-state index contributed by atoms with van der Waals surface area (Å²) in [5.41, 5.74) is 9.88. The second-order valence-electron chi connectivity index (χ2n) is 4.72. The molecular weight excluding hydrogens is 172 g/mol. The van der Waals surface area contributed by atoms with Gasteiger partial charge in [0.1, 0.15) is 0 Å². The topological polar surface area (TPSA) is 29.3 Å². The Hall–Kier alpha value is -1.02. The highest BCUT2D eigenvalue weighted by atomic mass is 15.2. The Morgan fingerprint density at radius 3 is 2.79 bits per heavy atom. The van der Waals surface area contributed by atoms with Crippen molar-refractivity contribution >= 4 is 5.69 Å². The van der Waals surface area contributed by atoms with Gasteiger partial charge in [0.2, 0.25) is 0 Å². The van der Waals surface area contributed by atoms with Crippen molar-refractivity contribution in [1.82, 2.24) is 0 Å². The first kappa shape index (κ1) is 9.53. The van der Waals surface area contributed by atoms with E-state index in [0.717, 1.165) is 6.42 Å². The molecule has 0 spiro atoms. The van der Waals surface area contributed by atoms with Crippen LogP contribution in [0, 0.1) is 0 Å². The monoisotopic (exact) mass is 190 g/mol.